The number of carboxylic acid groups (broad SMARTS) is 1. The van der Waals surface area contributed by atoms with Gasteiger partial charge in [-0.15, -0.1) is 0 Å². The summed E-state index contributed by atoms with van der Waals surface area (Å²) in [4.78, 5) is 12.9. The van der Waals surface area contributed by atoms with Crippen molar-refractivity contribution < 1.29 is 19.7 Å². The smallest absolute Gasteiger partial charge is 0.337 e. The van der Waals surface area contributed by atoms with E-state index >= 15 is 0 Å². The number of aliphatic hydroxyl groups excluding tert-OH is 1. The second-order valence-electron chi connectivity index (χ2n) is 4.27. The van der Waals surface area contributed by atoms with Crippen molar-refractivity contribution in [1.82, 2.24) is 0 Å². The van der Waals surface area contributed by atoms with Crippen molar-refractivity contribution >= 4 is 11.7 Å². The number of nitrogens with zero attached hydrogens (tertiary/aromatic N) is 2. The molecule has 2 rings (SSSR count). The predicted molar refractivity (Wildman–Crippen MR) is 67.2 cm³/mol. The quantitative estimate of drug-likeness (QED) is 0.821. The van der Waals surface area contributed by atoms with Gasteiger partial charge in [0.1, 0.15) is 6.07 Å². The van der Waals surface area contributed by atoms with Crippen molar-refractivity contribution in [2.24, 2.45) is 0 Å². The molecule has 19 heavy (non-hydrogen) atoms. The van der Waals surface area contributed by atoms with E-state index in [1.807, 2.05) is 11.0 Å². The van der Waals surface area contributed by atoms with Crippen LogP contribution in [0.3, 0.4) is 0 Å². The second-order valence-corrected chi connectivity index (χ2v) is 4.27. The van der Waals surface area contributed by atoms with Crippen LogP contribution in [0.15, 0.2) is 18.2 Å². The maximum Gasteiger partial charge on any atom is 0.337 e. The Hall–Kier alpha value is -2.10. The van der Waals surface area contributed by atoms with E-state index in [0.717, 1.165) is 5.69 Å². The number of carbonyl (C=O) groups is 1. The molecule has 6 nitrogen and oxygen atoms in total. The molecule has 2 N–H and O–H groups in total. The molecule has 1 unspecified atom stereocenters. The van der Waals surface area contributed by atoms with Gasteiger partial charge in [0.2, 0.25) is 0 Å². The third kappa shape index (κ3) is 2.84. The van der Waals surface area contributed by atoms with Gasteiger partial charge >= 0.3 is 5.97 Å². The maximum atomic E-state index is 10.9. The summed E-state index contributed by atoms with van der Waals surface area (Å²) in [6.07, 6.45) is -0.251. The Balaban J connectivity index is 2.26. The first kappa shape index (κ1) is 13.3. The summed E-state index contributed by atoms with van der Waals surface area (Å²) in [7, 11) is 0. The van der Waals surface area contributed by atoms with Crippen LogP contribution >= 0.6 is 0 Å². The van der Waals surface area contributed by atoms with Crippen LogP contribution < -0.4 is 4.90 Å². The molecule has 0 radical (unpaired) electrons. The molecule has 0 saturated carbocycles. The van der Waals surface area contributed by atoms with E-state index < -0.39 is 5.97 Å². The van der Waals surface area contributed by atoms with Gasteiger partial charge < -0.3 is 19.8 Å². The van der Waals surface area contributed by atoms with Gasteiger partial charge in [-0.3, -0.25) is 0 Å². The standard InChI is InChI=1S/C13H14N2O4/c14-6-9-5-10(1-2-12(9)13(17)18)15-3-4-19-11(7-15)8-16/h1-2,5,11,16H,3-4,7-8H2,(H,17,18). The highest BCUT2D eigenvalue weighted by atomic mass is 16.5. The van der Waals surface area contributed by atoms with Gasteiger partial charge in [-0.25, -0.2) is 4.79 Å². The summed E-state index contributed by atoms with van der Waals surface area (Å²) < 4.78 is 5.35. The molecule has 1 saturated heterocycles. The van der Waals surface area contributed by atoms with E-state index in [0.29, 0.717) is 19.7 Å². The van der Waals surface area contributed by atoms with Crippen molar-refractivity contribution in [2.75, 3.05) is 31.2 Å². The second kappa shape index (κ2) is 5.69. The molecule has 1 atom stereocenters. The minimum absolute atomic E-state index is 0.00165. The lowest BCUT2D eigenvalue weighted by molar-refractivity contribution is 0.00356. The van der Waals surface area contributed by atoms with E-state index in [4.69, 9.17) is 20.2 Å². The Kier molecular flexibility index (Phi) is 4.00. The first-order chi connectivity index (χ1) is 9.15. The molecule has 100 valence electrons. The average molecular weight is 262 g/mol. The van der Waals surface area contributed by atoms with E-state index in [9.17, 15) is 4.79 Å². The lowest BCUT2D eigenvalue weighted by Gasteiger charge is -2.33. The number of benzene rings is 1. The lowest BCUT2D eigenvalue weighted by atomic mass is 10.1. The monoisotopic (exact) mass is 262 g/mol. The van der Waals surface area contributed by atoms with Gasteiger partial charge in [-0.2, -0.15) is 5.26 Å². The number of carboxylic acids is 1. The predicted octanol–water partition coefficient (Wildman–Crippen LogP) is 0.454. The fourth-order valence-electron chi connectivity index (χ4n) is 2.07. The van der Waals surface area contributed by atoms with Gasteiger partial charge in [0.05, 0.1) is 30.4 Å². The normalized spacial score (nSPS) is 18.9. The lowest BCUT2D eigenvalue weighted by Crippen LogP contribution is -2.44. The van der Waals surface area contributed by atoms with E-state index in [1.165, 1.54) is 6.07 Å². The van der Waals surface area contributed by atoms with Crippen molar-refractivity contribution in [3.05, 3.63) is 29.3 Å². The van der Waals surface area contributed by atoms with E-state index in [1.54, 1.807) is 12.1 Å². The highest BCUT2D eigenvalue weighted by Gasteiger charge is 2.21. The Morgan fingerprint density at radius 1 is 1.58 bits per heavy atom. The zero-order valence-electron chi connectivity index (χ0n) is 10.2. The molecular weight excluding hydrogens is 248 g/mol. The largest absolute Gasteiger partial charge is 0.478 e. The zero-order valence-corrected chi connectivity index (χ0v) is 10.2. The van der Waals surface area contributed by atoms with E-state index in [2.05, 4.69) is 0 Å². The Morgan fingerprint density at radius 3 is 3.00 bits per heavy atom. The van der Waals surface area contributed by atoms with Gasteiger partial charge in [0.15, 0.2) is 0 Å². The van der Waals surface area contributed by atoms with Gasteiger partial charge in [0.25, 0.3) is 0 Å². The number of aliphatic hydroxyl groups is 1. The first-order valence-corrected chi connectivity index (χ1v) is 5.90. The average Bonchev–Trinajstić information content (AvgIpc) is 2.46. The number of aromatic carboxylic acids is 1. The number of morpholine rings is 1. The minimum atomic E-state index is -1.11. The molecule has 0 aliphatic carbocycles. The topological polar surface area (TPSA) is 93.8 Å². The molecule has 0 aromatic heterocycles. The number of rotatable bonds is 3. The van der Waals surface area contributed by atoms with Gasteiger partial charge in [-0.05, 0) is 18.2 Å². The third-order valence-corrected chi connectivity index (χ3v) is 3.06. The van der Waals surface area contributed by atoms with E-state index in [-0.39, 0.29) is 23.8 Å². The number of hydrogen-bond acceptors (Lipinski definition) is 5. The molecular formula is C13H14N2O4. The molecule has 6 heteroatoms. The molecule has 1 aromatic rings. The van der Waals surface area contributed by atoms with Crippen molar-refractivity contribution in [3.8, 4) is 6.07 Å². The summed E-state index contributed by atoms with van der Waals surface area (Å²) in [5, 5.41) is 27.0. The van der Waals surface area contributed by atoms with Crippen LogP contribution in [0.25, 0.3) is 0 Å². The van der Waals surface area contributed by atoms with Crippen LogP contribution in [0.2, 0.25) is 0 Å². The van der Waals surface area contributed by atoms with Crippen LogP contribution in [0, 0.1) is 11.3 Å². The SMILES string of the molecule is N#Cc1cc(N2CCOC(CO)C2)ccc1C(=O)O. The summed E-state index contributed by atoms with van der Waals surface area (Å²) in [5.41, 5.74) is 0.901. The minimum Gasteiger partial charge on any atom is -0.478 e. The number of anilines is 1. The Morgan fingerprint density at radius 2 is 2.37 bits per heavy atom. The summed E-state index contributed by atoms with van der Waals surface area (Å²) >= 11 is 0. The third-order valence-electron chi connectivity index (χ3n) is 3.06. The molecule has 0 spiro atoms. The molecule has 1 aliphatic heterocycles. The van der Waals surface area contributed by atoms with Crippen molar-refractivity contribution in [2.45, 2.75) is 6.10 Å². The Bertz CT molecular complexity index is 524. The number of ether oxygens (including phenoxy) is 1. The van der Waals surface area contributed by atoms with Crippen LogP contribution in [0.5, 0.6) is 0 Å². The highest BCUT2D eigenvalue weighted by molar-refractivity contribution is 5.91. The summed E-state index contributed by atoms with van der Waals surface area (Å²) in [6, 6.07) is 6.55. The molecule has 1 aliphatic rings. The maximum absolute atomic E-state index is 10.9. The Labute approximate surface area is 110 Å². The molecule has 0 amide bonds. The van der Waals surface area contributed by atoms with Gasteiger partial charge in [0, 0.05) is 18.8 Å². The fraction of sp³-hybridized carbons (Fsp3) is 0.385. The fourth-order valence-corrected chi connectivity index (χ4v) is 2.07. The number of nitriles is 1. The summed E-state index contributed by atoms with van der Waals surface area (Å²) in [5.74, 6) is -1.11. The molecule has 1 heterocycles. The van der Waals surface area contributed by atoms with Crippen molar-refractivity contribution in [3.63, 3.8) is 0 Å². The van der Waals surface area contributed by atoms with Gasteiger partial charge in [-0.1, -0.05) is 0 Å². The van der Waals surface area contributed by atoms with Crippen molar-refractivity contribution in [1.29, 1.82) is 5.26 Å². The molecule has 1 fully saturated rings. The first-order valence-electron chi connectivity index (χ1n) is 5.90. The highest BCUT2D eigenvalue weighted by Crippen LogP contribution is 2.21. The van der Waals surface area contributed by atoms with Crippen LogP contribution in [0.4, 0.5) is 5.69 Å². The number of hydrogen-bond donors (Lipinski definition) is 2. The zero-order chi connectivity index (χ0) is 13.8. The summed E-state index contributed by atoms with van der Waals surface area (Å²) in [6.45, 7) is 1.60. The van der Waals surface area contributed by atoms with Crippen LogP contribution in [-0.2, 0) is 4.74 Å². The molecule has 0 bridgehead atoms. The van der Waals surface area contributed by atoms with Crippen LogP contribution in [-0.4, -0.2) is 48.6 Å². The molecule has 1 aromatic carbocycles. The van der Waals surface area contributed by atoms with Crippen LogP contribution in [0.1, 0.15) is 15.9 Å².